The van der Waals surface area contributed by atoms with Crippen LogP contribution in [0.3, 0.4) is 0 Å². The quantitative estimate of drug-likeness (QED) is 0.782. The molecule has 3 rings (SSSR count). The van der Waals surface area contributed by atoms with Gasteiger partial charge in [-0.2, -0.15) is 0 Å². The van der Waals surface area contributed by atoms with E-state index >= 15 is 0 Å². The van der Waals surface area contributed by atoms with Gasteiger partial charge in [-0.05, 0) is 29.8 Å². The Bertz CT molecular complexity index is 783. The van der Waals surface area contributed by atoms with Crippen molar-refractivity contribution in [2.75, 3.05) is 18.5 Å². The second kappa shape index (κ2) is 6.75. The Hall–Kier alpha value is -2.47. The Morgan fingerprint density at radius 2 is 1.96 bits per heavy atom. The molecule has 0 unspecified atom stereocenters. The molecule has 0 bridgehead atoms. The number of carbonyl (C=O) groups excluding carboxylic acids is 1. The molecule has 1 amide bonds. The second-order valence-corrected chi connectivity index (χ2v) is 6.23. The van der Waals surface area contributed by atoms with Gasteiger partial charge in [0.1, 0.15) is 5.82 Å². The molecule has 1 aromatic heterocycles. The Kier molecular flexibility index (Phi) is 4.52. The van der Waals surface area contributed by atoms with Crippen molar-refractivity contribution in [2.45, 2.75) is 6.54 Å². The lowest BCUT2D eigenvalue weighted by molar-refractivity contribution is -0.119. The Labute approximate surface area is 137 Å². The molecular weight excluding hydrogens is 313 g/mol. The number of likely N-dealkylation sites (N-methyl/N-ethyl adjacent to an activating group) is 1. The van der Waals surface area contributed by atoms with E-state index in [1.807, 2.05) is 36.2 Å². The molecule has 0 aliphatic rings. The van der Waals surface area contributed by atoms with E-state index in [1.165, 1.54) is 12.1 Å². The summed E-state index contributed by atoms with van der Waals surface area (Å²) in [6.07, 6.45) is 0. The first kappa shape index (κ1) is 15.4. The summed E-state index contributed by atoms with van der Waals surface area (Å²) in [5.41, 5.74) is 1.80. The van der Waals surface area contributed by atoms with Gasteiger partial charge in [0.05, 0.1) is 16.8 Å². The van der Waals surface area contributed by atoms with Crippen LogP contribution in [0.1, 0.15) is 5.56 Å². The summed E-state index contributed by atoms with van der Waals surface area (Å²) in [5, 5.41) is 3.64. The molecule has 1 N–H and O–H groups in total. The van der Waals surface area contributed by atoms with Crippen molar-refractivity contribution < 1.29 is 9.18 Å². The lowest BCUT2D eigenvalue weighted by atomic mass is 10.2. The van der Waals surface area contributed by atoms with Gasteiger partial charge < -0.3 is 10.2 Å². The maximum absolute atomic E-state index is 12.8. The lowest BCUT2D eigenvalue weighted by Crippen LogP contribution is -2.34. The first-order valence-electron chi connectivity index (χ1n) is 7.19. The van der Waals surface area contributed by atoms with E-state index in [2.05, 4.69) is 10.3 Å². The van der Waals surface area contributed by atoms with E-state index < -0.39 is 0 Å². The van der Waals surface area contributed by atoms with Crippen molar-refractivity contribution in [3.63, 3.8) is 0 Å². The third-order valence-corrected chi connectivity index (χ3v) is 4.54. The molecular formula is C17H16FN3OS. The summed E-state index contributed by atoms with van der Waals surface area (Å²) in [6, 6.07) is 14.0. The fourth-order valence-corrected chi connectivity index (χ4v) is 3.09. The normalized spacial score (nSPS) is 10.7. The number of thiazole rings is 1. The lowest BCUT2D eigenvalue weighted by Gasteiger charge is -2.15. The molecule has 6 heteroatoms. The molecule has 3 aromatic rings. The van der Waals surface area contributed by atoms with E-state index in [4.69, 9.17) is 0 Å². The zero-order chi connectivity index (χ0) is 16.2. The number of para-hydroxylation sites is 1. The maximum Gasteiger partial charge on any atom is 0.239 e. The average molecular weight is 329 g/mol. The Morgan fingerprint density at radius 1 is 1.22 bits per heavy atom. The number of fused-ring (bicyclic) bond motifs is 1. The SMILES string of the molecule is CN(CC(=O)NCc1ccc(F)cc1)c1nc2ccccc2s1. The van der Waals surface area contributed by atoms with E-state index in [-0.39, 0.29) is 18.3 Å². The van der Waals surface area contributed by atoms with Crippen molar-refractivity contribution in [1.82, 2.24) is 10.3 Å². The van der Waals surface area contributed by atoms with Crippen LogP contribution in [0.2, 0.25) is 0 Å². The molecule has 0 saturated carbocycles. The van der Waals surface area contributed by atoms with Crippen molar-refractivity contribution in [2.24, 2.45) is 0 Å². The molecule has 0 saturated heterocycles. The van der Waals surface area contributed by atoms with Crippen LogP contribution in [0.25, 0.3) is 10.2 Å². The van der Waals surface area contributed by atoms with Crippen molar-refractivity contribution in [3.8, 4) is 0 Å². The summed E-state index contributed by atoms with van der Waals surface area (Å²) in [7, 11) is 1.84. The van der Waals surface area contributed by atoms with Crippen LogP contribution < -0.4 is 10.2 Å². The first-order valence-corrected chi connectivity index (χ1v) is 8.01. The van der Waals surface area contributed by atoms with Crippen LogP contribution in [0.4, 0.5) is 9.52 Å². The molecule has 4 nitrogen and oxygen atoms in total. The molecule has 118 valence electrons. The second-order valence-electron chi connectivity index (χ2n) is 5.22. The number of hydrogen-bond donors (Lipinski definition) is 1. The summed E-state index contributed by atoms with van der Waals surface area (Å²) >= 11 is 1.56. The standard InChI is InChI=1S/C17H16FN3OS/c1-21(17-20-14-4-2-3-5-15(14)23-17)11-16(22)19-10-12-6-8-13(18)9-7-12/h2-9H,10-11H2,1H3,(H,19,22). The zero-order valence-electron chi connectivity index (χ0n) is 12.6. The number of nitrogens with zero attached hydrogens (tertiary/aromatic N) is 2. The molecule has 23 heavy (non-hydrogen) atoms. The van der Waals surface area contributed by atoms with Gasteiger partial charge in [0.2, 0.25) is 5.91 Å². The number of nitrogens with one attached hydrogen (secondary N) is 1. The fraction of sp³-hybridized carbons (Fsp3) is 0.176. The smallest absolute Gasteiger partial charge is 0.239 e. The van der Waals surface area contributed by atoms with E-state index in [9.17, 15) is 9.18 Å². The van der Waals surface area contributed by atoms with Crippen molar-refractivity contribution in [1.29, 1.82) is 0 Å². The molecule has 2 aromatic carbocycles. The van der Waals surface area contributed by atoms with E-state index in [1.54, 1.807) is 23.5 Å². The molecule has 0 radical (unpaired) electrons. The average Bonchev–Trinajstić information content (AvgIpc) is 2.98. The molecule has 0 spiro atoms. The number of halogens is 1. The number of benzene rings is 2. The third-order valence-electron chi connectivity index (χ3n) is 3.39. The highest BCUT2D eigenvalue weighted by Gasteiger charge is 2.11. The number of anilines is 1. The minimum Gasteiger partial charge on any atom is -0.350 e. The van der Waals surface area contributed by atoms with Gasteiger partial charge in [-0.25, -0.2) is 9.37 Å². The maximum atomic E-state index is 12.8. The van der Waals surface area contributed by atoms with Gasteiger partial charge in [0, 0.05) is 13.6 Å². The van der Waals surface area contributed by atoms with Crippen LogP contribution in [-0.4, -0.2) is 24.5 Å². The zero-order valence-corrected chi connectivity index (χ0v) is 13.4. The highest BCUT2D eigenvalue weighted by Crippen LogP contribution is 2.27. The molecule has 1 heterocycles. The summed E-state index contributed by atoms with van der Waals surface area (Å²) in [4.78, 5) is 18.4. The molecule has 0 fully saturated rings. The monoisotopic (exact) mass is 329 g/mol. The minimum atomic E-state index is -0.282. The van der Waals surface area contributed by atoms with Crippen molar-refractivity contribution in [3.05, 3.63) is 59.9 Å². The number of rotatable bonds is 5. The van der Waals surface area contributed by atoms with Crippen LogP contribution in [0.5, 0.6) is 0 Å². The summed E-state index contributed by atoms with van der Waals surface area (Å²) in [6.45, 7) is 0.605. The molecule has 0 aliphatic carbocycles. The van der Waals surface area contributed by atoms with Gasteiger partial charge in [0.25, 0.3) is 0 Å². The summed E-state index contributed by atoms with van der Waals surface area (Å²) in [5.74, 6) is -0.383. The minimum absolute atomic E-state index is 0.101. The van der Waals surface area contributed by atoms with E-state index in [0.29, 0.717) is 6.54 Å². The Balaban J connectivity index is 1.57. The van der Waals surface area contributed by atoms with Crippen LogP contribution in [-0.2, 0) is 11.3 Å². The molecule has 0 aliphatic heterocycles. The van der Waals surface area contributed by atoms with Gasteiger partial charge in [-0.1, -0.05) is 35.6 Å². The van der Waals surface area contributed by atoms with Gasteiger partial charge in [-0.15, -0.1) is 0 Å². The highest BCUT2D eigenvalue weighted by molar-refractivity contribution is 7.22. The van der Waals surface area contributed by atoms with Crippen LogP contribution in [0, 0.1) is 5.82 Å². The predicted molar refractivity (Wildman–Crippen MR) is 91.1 cm³/mol. The van der Waals surface area contributed by atoms with Crippen LogP contribution in [0.15, 0.2) is 48.5 Å². The summed E-state index contributed by atoms with van der Waals surface area (Å²) < 4.78 is 13.9. The number of carbonyl (C=O) groups is 1. The number of aromatic nitrogens is 1. The van der Waals surface area contributed by atoms with E-state index in [0.717, 1.165) is 20.9 Å². The number of amides is 1. The molecule has 0 atom stereocenters. The van der Waals surface area contributed by atoms with Gasteiger partial charge in [0.15, 0.2) is 5.13 Å². The first-order chi connectivity index (χ1) is 11.1. The van der Waals surface area contributed by atoms with Gasteiger partial charge in [-0.3, -0.25) is 4.79 Å². The van der Waals surface area contributed by atoms with Crippen LogP contribution >= 0.6 is 11.3 Å². The topological polar surface area (TPSA) is 45.2 Å². The third kappa shape index (κ3) is 3.84. The Morgan fingerprint density at radius 3 is 2.70 bits per heavy atom. The fourth-order valence-electron chi connectivity index (χ4n) is 2.17. The van der Waals surface area contributed by atoms with Gasteiger partial charge >= 0.3 is 0 Å². The van der Waals surface area contributed by atoms with Crippen molar-refractivity contribution >= 4 is 32.6 Å². The highest BCUT2D eigenvalue weighted by atomic mass is 32.1. The number of hydrogen-bond acceptors (Lipinski definition) is 4. The largest absolute Gasteiger partial charge is 0.350 e. The predicted octanol–water partition coefficient (Wildman–Crippen LogP) is 3.19.